The Morgan fingerprint density at radius 1 is 1.34 bits per heavy atom. The fraction of sp³-hybridized carbons (Fsp3) is 0.409. The highest BCUT2D eigenvalue weighted by molar-refractivity contribution is 5.88. The second-order valence-electron chi connectivity index (χ2n) is 8.22. The van der Waals surface area contributed by atoms with E-state index in [1.165, 1.54) is 4.52 Å². The van der Waals surface area contributed by atoms with Crippen LogP contribution < -0.4 is 11.1 Å². The third-order valence-electron chi connectivity index (χ3n) is 5.87. The third-order valence-corrected chi connectivity index (χ3v) is 5.87. The van der Waals surface area contributed by atoms with Crippen LogP contribution in [0.3, 0.4) is 0 Å². The number of aromatic nitrogens is 3. The molecular formula is C22H23F2N5O3. The standard InChI is InChI=1S/C22H23F2N5O3/c1-11-6-19(29-21(27-11)15-9-26-5-4-18(15)28-29)22(30)32-13-8-17(25)20(31-10-13)14-7-12(23)2-3-16(14)24/h2-3,6-7,13,17,20,26H,4-5,8-10,25H2,1H3/t13-,17+,20-/m1/s1. The van der Waals surface area contributed by atoms with Crippen LogP contribution in [-0.2, 0) is 22.4 Å². The number of carbonyl (C=O) groups is 1. The second-order valence-corrected chi connectivity index (χ2v) is 8.22. The average molecular weight is 443 g/mol. The van der Waals surface area contributed by atoms with Crippen LogP contribution in [0.1, 0.15) is 45.5 Å². The number of fused-ring (bicyclic) bond motifs is 3. The molecule has 10 heteroatoms. The van der Waals surface area contributed by atoms with Crippen LogP contribution in [-0.4, -0.2) is 45.9 Å². The highest BCUT2D eigenvalue weighted by atomic mass is 19.1. The average Bonchev–Trinajstić information content (AvgIpc) is 3.14. The summed E-state index contributed by atoms with van der Waals surface area (Å²) in [7, 11) is 0. The third kappa shape index (κ3) is 3.74. The van der Waals surface area contributed by atoms with Gasteiger partial charge in [-0.1, -0.05) is 0 Å². The molecular weight excluding hydrogens is 420 g/mol. The first-order valence-corrected chi connectivity index (χ1v) is 10.5. The molecule has 8 nitrogen and oxygen atoms in total. The summed E-state index contributed by atoms with van der Waals surface area (Å²) in [5, 5.41) is 7.87. The van der Waals surface area contributed by atoms with Crippen LogP contribution in [0.2, 0.25) is 0 Å². The maximum atomic E-state index is 14.1. The van der Waals surface area contributed by atoms with Crippen molar-refractivity contribution < 1.29 is 23.0 Å². The van der Waals surface area contributed by atoms with E-state index in [9.17, 15) is 13.6 Å². The molecule has 4 heterocycles. The highest BCUT2D eigenvalue weighted by Gasteiger charge is 2.34. The summed E-state index contributed by atoms with van der Waals surface area (Å²) in [5.41, 5.74) is 9.72. The van der Waals surface area contributed by atoms with Gasteiger partial charge < -0.3 is 20.5 Å². The quantitative estimate of drug-likeness (QED) is 0.597. The molecule has 1 fully saturated rings. The number of halogens is 2. The maximum Gasteiger partial charge on any atom is 0.357 e. The fourth-order valence-electron chi connectivity index (χ4n) is 4.35. The van der Waals surface area contributed by atoms with Gasteiger partial charge in [0.05, 0.1) is 12.3 Å². The second kappa shape index (κ2) is 8.19. The Balaban J connectivity index is 1.35. The predicted molar refractivity (Wildman–Crippen MR) is 110 cm³/mol. The summed E-state index contributed by atoms with van der Waals surface area (Å²) in [4.78, 5) is 17.6. The first kappa shape index (κ1) is 20.9. The highest BCUT2D eigenvalue weighted by Crippen LogP contribution is 2.31. The van der Waals surface area contributed by atoms with Crippen molar-refractivity contribution in [3.05, 3.63) is 64.1 Å². The predicted octanol–water partition coefficient (Wildman–Crippen LogP) is 1.98. The lowest BCUT2D eigenvalue weighted by molar-refractivity contribution is -0.0788. The Bertz CT molecular complexity index is 1200. The smallest absolute Gasteiger partial charge is 0.357 e. The molecule has 1 saturated heterocycles. The number of nitrogens with zero attached hydrogens (tertiary/aromatic N) is 3. The molecule has 2 aliphatic heterocycles. The summed E-state index contributed by atoms with van der Waals surface area (Å²) in [5.74, 6) is -1.72. The molecule has 0 unspecified atom stereocenters. The van der Waals surface area contributed by atoms with Gasteiger partial charge in [0.1, 0.15) is 23.8 Å². The number of aryl methyl sites for hydroxylation is 1. The Morgan fingerprint density at radius 2 is 2.19 bits per heavy atom. The molecule has 168 valence electrons. The van der Waals surface area contributed by atoms with E-state index in [-0.39, 0.29) is 24.3 Å². The number of carbonyl (C=O) groups excluding carboxylic acids is 1. The van der Waals surface area contributed by atoms with Gasteiger partial charge in [0.15, 0.2) is 11.3 Å². The molecule has 0 bridgehead atoms. The van der Waals surface area contributed by atoms with E-state index in [2.05, 4.69) is 15.4 Å². The Morgan fingerprint density at radius 3 is 3.00 bits per heavy atom. The minimum Gasteiger partial charge on any atom is -0.455 e. The summed E-state index contributed by atoms with van der Waals surface area (Å²) < 4.78 is 40.6. The van der Waals surface area contributed by atoms with Crippen LogP contribution in [0.4, 0.5) is 8.78 Å². The topological polar surface area (TPSA) is 104 Å². The lowest BCUT2D eigenvalue weighted by Gasteiger charge is -2.34. The van der Waals surface area contributed by atoms with Gasteiger partial charge in [0, 0.05) is 48.8 Å². The summed E-state index contributed by atoms with van der Waals surface area (Å²) in [6.45, 7) is 3.30. The lowest BCUT2D eigenvalue weighted by atomic mass is 9.95. The van der Waals surface area contributed by atoms with E-state index >= 15 is 0 Å². The first-order chi connectivity index (χ1) is 15.4. The molecule has 3 aromatic rings. The van der Waals surface area contributed by atoms with Gasteiger partial charge in [-0.25, -0.2) is 23.1 Å². The zero-order valence-corrected chi connectivity index (χ0v) is 17.5. The van der Waals surface area contributed by atoms with Crippen molar-refractivity contribution in [1.29, 1.82) is 0 Å². The van der Waals surface area contributed by atoms with Crippen molar-refractivity contribution in [1.82, 2.24) is 19.9 Å². The van der Waals surface area contributed by atoms with Crippen LogP contribution in [0.5, 0.6) is 0 Å². The van der Waals surface area contributed by atoms with Gasteiger partial charge in [-0.2, -0.15) is 5.10 Å². The summed E-state index contributed by atoms with van der Waals surface area (Å²) in [6, 6.07) is 4.13. The SMILES string of the molecule is Cc1cc(C(=O)O[C@H]2CO[C@H](c3cc(F)ccc3F)[C@@H](N)C2)n2nc3c(c2n1)CNCC3. The summed E-state index contributed by atoms with van der Waals surface area (Å²) in [6.07, 6.45) is -0.434. The molecule has 1 aromatic carbocycles. The maximum absolute atomic E-state index is 14.1. The molecule has 0 spiro atoms. The Hall–Kier alpha value is -2.95. The number of benzene rings is 1. The fourth-order valence-corrected chi connectivity index (χ4v) is 4.35. The van der Waals surface area contributed by atoms with Crippen molar-refractivity contribution in [3.63, 3.8) is 0 Å². The zero-order chi connectivity index (χ0) is 22.4. The van der Waals surface area contributed by atoms with Crippen LogP contribution in [0.15, 0.2) is 24.3 Å². The van der Waals surface area contributed by atoms with E-state index < -0.39 is 35.9 Å². The van der Waals surface area contributed by atoms with E-state index in [1.54, 1.807) is 6.07 Å². The minimum atomic E-state index is -0.819. The van der Waals surface area contributed by atoms with Gasteiger partial charge in [0.25, 0.3) is 0 Å². The van der Waals surface area contributed by atoms with Crippen molar-refractivity contribution >= 4 is 11.6 Å². The molecule has 0 radical (unpaired) electrons. The minimum absolute atomic E-state index is 0.0206. The Kier molecular flexibility index (Phi) is 5.36. The van der Waals surface area contributed by atoms with E-state index in [1.807, 2.05) is 6.92 Å². The molecule has 5 rings (SSSR count). The number of nitrogens with two attached hydrogens (primary N) is 1. The van der Waals surface area contributed by atoms with Gasteiger partial charge >= 0.3 is 5.97 Å². The van der Waals surface area contributed by atoms with Crippen molar-refractivity contribution in [2.75, 3.05) is 13.2 Å². The van der Waals surface area contributed by atoms with Crippen molar-refractivity contribution in [2.24, 2.45) is 5.73 Å². The largest absolute Gasteiger partial charge is 0.455 e. The van der Waals surface area contributed by atoms with Gasteiger partial charge in [-0.05, 0) is 31.2 Å². The van der Waals surface area contributed by atoms with E-state index in [0.29, 0.717) is 17.9 Å². The monoisotopic (exact) mass is 443 g/mol. The van der Waals surface area contributed by atoms with E-state index in [0.717, 1.165) is 42.4 Å². The number of ether oxygens (including phenoxy) is 2. The number of esters is 1. The number of nitrogens with one attached hydrogen (secondary N) is 1. The molecule has 2 aromatic heterocycles. The van der Waals surface area contributed by atoms with E-state index in [4.69, 9.17) is 15.2 Å². The summed E-state index contributed by atoms with van der Waals surface area (Å²) >= 11 is 0. The molecule has 0 saturated carbocycles. The first-order valence-electron chi connectivity index (χ1n) is 10.5. The van der Waals surface area contributed by atoms with Gasteiger partial charge in [-0.15, -0.1) is 0 Å². The van der Waals surface area contributed by atoms with Gasteiger partial charge in [0.2, 0.25) is 0 Å². The van der Waals surface area contributed by atoms with Crippen molar-refractivity contribution in [2.45, 2.75) is 44.6 Å². The molecule has 0 amide bonds. The zero-order valence-electron chi connectivity index (χ0n) is 17.5. The van der Waals surface area contributed by atoms with Crippen LogP contribution >= 0.6 is 0 Å². The molecule has 3 atom stereocenters. The number of hydrogen-bond acceptors (Lipinski definition) is 7. The Labute approximate surface area is 182 Å². The lowest BCUT2D eigenvalue weighted by Crippen LogP contribution is -2.43. The molecule has 3 N–H and O–H groups in total. The van der Waals surface area contributed by atoms with Crippen LogP contribution in [0, 0.1) is 18.6 Å². The number of rotatable bonds is 3. The molecule has 2 aliphatic rings. The number of hydrogen-bond donors (Lipinski definition) is 2. The normalized spacial score (nSPS) is 23.2. The molecule has 0 aliphatic carbocycles. The van der Waals surface area contributed by atoms with Crippen molar-refractivity contribution in [3.8, 4) is 0 Å². The molecule has 32 heavy (non-hydrogen) atoms. The van der Waals surface area contributed by atoms with Crippen LogP contribution in [0.25, 0.3) is 5.65 Å². The van der Waals surface area contributed by atoms with Gasteiger partial charge in [-0.3, -0.25) is 0 Å².